The smallest absolute Gasteiger partial charge is 0.306 e. The number of carbonyl (C=O) groups is 3. The van der Waals surface area contributed by atoms with E-state index in [-0.39, 0.29) is 31.6 Å². The third-order valence-electron chi connectivity index (χ3n) is 13.0. The fourth-order valence-corrected chi connectivity index (χ4v) is 8.30. The van der Waals surface area contributed by atoms with Crippen molar-refractivity contribution in [3.05, 3.63) is 158 Å². The van der Waals surface area contributed by atoms with E-state index < -0.39 is 12.1 Å². The quantitative estimate of drug-likeness (QED) is 0.0261. The molecule has 0 saturated heterocycles. The molecule has 0 aromatic carbocycles. The van der Waals surface area contributed by atoms with Crippen molar-refractivity contribution >= 4 is 17.9 Å². The van der Waals surface area contributed by atoms with E-state index in [0.717, 1.165) is 141 Å². The average Bonchev–Trinajstić information content (AvgIpc) is 3.45. The Morgan fingerprint density at radius 3 is 0.823 bits per heavy atom. The number of hydrogen-bond acceptors (Lipinski definition) is 6. The summed E-state index contributed by atoms with van der Waals surface area (Å²) < 4.78 is 16.8. The lowest BCUT2D eigenvalue weighted by Gasteiger charge is -2.18. The van der Waals surface area contributed by atoms with Gasteiger partial charge >= 0.3 is 17.9 Å². The maximum absolute atomic E-state index is 12.8. The molecule has 0 aliphatic carbocycles. The fourth-order valence-electron chi connectivity index (χ4n) is 8.30. The van der Waals surface area contributed by atoms with E-state index in [1.807, 2.05) is 12.2 Å². The predicted molar refractivity (Wildman–Crippen MR) is 343 cm³/mol. The molecule has 0 fully saturated rings. The van der Waals surface area contributed by atoms with Crippen LogP contribution in [0.5, 0.6) is 0 Å². The normalized spacial score (nSPS) is 13.2. The second-order valence-corrected chi connectivity index (χ2v) is 20.5. The van der Waals surface area contributed by atoms with Gasteiger partial charge in [-0.25, -0.2) is 0 Å². The molecule has 0 radical (unpaired) electrons. The van der Waals surface area contributed by atoms with Crippen LogP contribution in [-0.4, -0.2) is 37.2 Å². The molecule has 0 rings (SSSR count). The number of allylic oxidation sites excluding steroid dienone is 26. The molecular formula is C73H116O6. The van der Waals surface area contributed by atoms with Crippen LogP contribution in [0.25, 0.3) is 0 Å². The molecule has 0 bridgehead atoms. The van der Waals surface area contributed by atoms with Crippen LogP contribution in [0.1, 0.15) is 265 Å². The fraction of sp³-hybridized carbons (Fsp3) is 0.603. The van der Waals surface area contributed by atoms with E-state index >= 15 is 0 Å². The molecular weight excluding hydrogens is 973 g/mol. The van der Waals surface area contributed by atoms with Crippen LogP contribution in [-0.2, 0) is 28.6 Å². The molecule has 444 valence electrons. The van der Waals surface area contributed by atoms with Crippen molar-refractivity contribution in [2.24, 2.45) is 0 Å². The lowest BCUT2D eigenvalue weighted by atomic mass is 10.0. The van der Waals surface area contributed by atoms with Gasteiger partial charge < -0.3 is 14.2 Å². The zero-order valence-corrected chi connectivity index (χ0v) is 50.8. The molecule has 0 amide bonds. The van der Waals surface area contributed by atoms with Crippen LogP contribution < -0.4 is 0 Å². The van der Waals surface area contributed by atoms with Gasteiger partial charge in [0.1, 0.15) is 13.2 Å². The number of rotatable bonds is 56. The highest BCUT2D eigenvalue weighted by Gasteiger charge is 2.19. The van der Waals surface area contributed by atoms with Crippen LogP contribution in [0.15, 0.2) is 158 Å². The van der Waals surface area contributed by atoms with Crippen molar-refractivity contribution < 1.29 is 28.6 Å². The molecule has 0 aromatic heterocycles. The number of esters is 3. The van der Waals surface area contributed by atoms with Gasteiger partial charge in [-0.3, -0.25) is 14.4 Å². The van der Waals surface area contributed by atoms with Gasteiger partial charge in [0, 0.05) is 19.3 Å². The molecule has 1 unspecified atom stereocenters. The van der Waals surface area contributed by atoms with Gasteiger partial charge in [0.2, 0.25) is 0 Å². The number of carbonyl (C=O) groups excluding carboxylic acids is 3. The van der Waals surface area contributed by atoms with E-state index in [2.05, 4.69) is 167 Å². The summed E-state index contributed by atoms with van der Waals surface area (Å²) in [6.07, 6.45) is 95.7. The van der Waals surface area contributed by atoms with Crippen LogP contribution in [0.3, 0.4) is 0 Å². The summed E-state index contributed by atoms with van der Waals surface area (Å²) in [5.41, 5.74) is 0. The Morgan fingerprint density at radius 1 is 0.266 bits per heavy atom. The highest BCUT2D eigenvalue weighted by molar-refractivity contribution is 5.71. The molecule has 0 heterocycles. The Bertz CT molecular complexity index is 1780. The Kier molecular flexibility index (Phi) is 61.4. The second-order valence-electron chi connectivity index (χ2n) is 20.5. The molecule has 6 nitrogen and oxygen atoms in total. The van der Waals surface area contributed by atoms with Gasteiger partial charge in [-0.1, -0.05) is 275 Å². The summed E-state index contributed by atoms with van der Waals surface area (Å²) in [6, 6.07) is 0. The minimum Gasteiger partial charge on any atom is -0.462 e. The summed E-state index contributed by atoms with van der Waals surface area (Å²) in [5, 5.41) is 0. The van der Waals surface area contributed by atoms with E-state index in [1.165, 1.54) is 77.0 Å². The first-order chi connectivity index (χ1) is 39.0. The summed E-state index contributed by atoms with van der Waals surface area (Å²) in [7, 11) is 0. The Labute approximate surface area is 486 Å². The Hall–Kier alpha value is -4.97. The SMILES string of the molecule is CC/C=C\C/C=C\C/C=C\C/C=C\C/C=C\C/C=C\C/C=C\CCCCCCCCCCCCCCCC(=O)OCC(COC(=O)CCCCCCC/C=C\C/C=C\CCC)OC(=O)CC/C=C\C/C=C\C/C=C\C/C=C\CC. The average molecular weight is 1090 g/mol. The van der Waals surface area contributed by atoms with Crippen molar-refractivity contribution in [3.8, 4) is 0 Å². The van der Waals surface area contributed by atoms with E-state index in [0.29, 0.717) is 19.3 Å². The highest BCUT2D eigenvalue weighted by Crippen LogP contribution is 2.15. The van der Waals surface area contributed by atoms with Crippen LogP contribution in [0, 0.1) is 0 Å². The predicted octanol–water partition coefficient (Wildman–Crippen LogP) is 22.1. The molecule has 0 saturated carbocycles. The van der Waals surface area contributed by atoms with Gasteiger partial charge in [0.05, 0.1) is 0 Å². The Balaban J connectivity index is 4.21. The first-order valence-corrected chi connectivity index (χ1v) is 32.0. The largest absolute Gasteiger partial charge is 0.462 e. The van der Waals surface area contributed by atoms with Crippen molar-refractivity contribution in [3.63, 3.8) is 0 Å². The topological polar surface area (TPSA) is 78.9 Å². The minimum atomic E-state index is -0.828. The molecule has 0 N–H and O–H groups in total. The molecule has 0 spiro atoms. The molecule has 0 aliphatic rings. The zero-order chi connectivity index (χ0) is 57.1. The lowest BCUT2D eigenvalue weighted by molar-refractivity contribution is -0.166. The first-order valence-electron chi connectivity index (χ1n) is 32.0. The summed E-state index contributed by atoms with van der Waals surface area (Å²) >= 11 is 0. The third kappa shape index (κ3) is 63.7. The Morgan fingerprint density at radius 2 is 0.519 bits per heavy atom. The van der Waals surface area contributed by atoms with Crippen molar-refractivity contribution in [1.82, 2.24) is 0 Å². The number of unbranched alkanes of at least 4 members (excludes halogenated alkanes) is 19. The van der Waals surface area contributed by atoms with E-state index in [4.69, 9.17) is 14.2 Å². The molecule has 1 atom stereocenters. The van der Waals surface area contributed by atoms with E-state index in [9.17, 15) is 14.4 Å². The molecule has 0 aromatic rings. The van der Waals surface area contributed by atoms with Crippen LogP contribution >= 0.6 is 0 Å². The van der Waals surface area contributed by atoms with Gasteiger partial charge in [-0.05, 0) is 128 Å². The first kappa shape index (κ1) is 74.0. The lowest BCUT2D eigenvalue weighted by Crippen LogP contribution is -2.30. The minimum absolute atomic E-state index is 0.116. The van der Waals surface area contributed by atoms with E-state index in [1.54, 1.807) is 0 Å². The maximum atomic E-state index is 12.8. The third-order valence-corrected chi connectivity index (χ3v) is 13.0. The number of hydrogen-bond donors (Lipinski definition) is 0. The summed E-state index contributed by atoms with van der Waals surface area (Å²) in [4.78, 5) is 38.1. The number of ether oxygens (including phenoxy) is 3. The molecule has 0 aliphatic heterocycles. The van der Waals surface area contributed by atoms with Gasteiger partial charge in [0.15, 0.2) is 6.10 Å². The summed E-state index contributed by atoms with van der Waals surface area (Å²) in [5.74, 6) is -1.02. The van der Waals surface area contributed by atoms with Crippen LogP contribution in [0.4, 0.5) is 0 Å². The monoisotopic (exact) mass is 1090 g/mol. The molecule has 6 heteroatoms. The van der Waals surface area contributed by atoms with Gasteiger partial charge in [0.25, 0.3) is 0 Å². The maximum Gasteiger partial charge on any atom is 0.306 e. The second kappa shape index (κ2) is 65.5. The van der Waals surface area contributed by atoms with Crippen molar-refractivity contribution in [1.29, 1.82) is 0 Å². The van der Waals surface area contributed by atoms with Gasteiger partial charge in [-0.2, -0.15) is 0 Å². The summed E-state index contributed by atoms with van der Waals surface area (Å²) in [6.45, 7) is 6.26. The zero-order valence-electron chi connectivity index (χ0n) is 50.8. The van der Waals surface area contributed by atoms with Crippen molar-refractivity contribution in [2.75, 3.05) is 13.2 Å². The highest BCUT2D eigenvalue weighted by atomic mass is 16.6. The van der Waals surface area contributed by atoms with Gasteiger partial charge in [-0.15, -0.1) is 0 Å². The standard InChI is InChI=1S/C73H116O6/c1-4-7-10-13-16-19-22-25-26-27-28-29-30-31-32-33-34-35-36-37-38-39-40-41-42-43-44-45-46-49-51-54-57-60-63-66-72(75)78-69-70(79-73(76)67-64-61-58-55-52-48-24-21-18-15-12-9-6-3)68-77-71(74)65-62-59-56-53-50-47-23-20-17-14-11-8-5-2/h7,9-12,14,16,18-21,23,25-26,28-29,31-32,34-35,37-38,48,52,58,61,70H,4-6,8,13,15,17,22,24,27,30,33,36,39-47,49-51,53-57,59-60,62-69H2,1-3H3/b10-7-,12-9-,14-11-,19-16-,21-18-,23-20-,26-25-,29-28-,32-31-,35-34-,38-37-,52-48-,61-58-. The molecule has 79 heavy (non-hydrogen) atoms. The van der Waals surface area contributed by atoms with Crippen molar-refractivity contribution in [2.45, 2.75) is 271 Å². The van der Waals surface area contributed by atoms with Crippen LogP contribution in [0.2, 0.25) is 0 Å².